The molecule has 0 radical (unpaired) electrons. The van der Waals surface area contributed by atoms with Gasteiger partial charge in [-0.1, -0.05) is 26.0 Å². The maximum atomic E-state index is 5.93. The molecule has 0 unspecified atom stereocenters. The fourth-order valence-corrected chi connectivity index (χ4v) is 2.72. The van der Waals surface area contributed by atoms with Crippen LogP contribution in [0.5, 0.6) is 5.75 Å². The average Bonchev–Trinajstić information content (AvgIpc) is 3.01. The second-order valence-electron chi connectivity index (χ2n) is 5.92. The van der Waals surface area contributed by atoms with E-state index in [9.17, 15) is 0 Å². The first-order valence-corrected chi connectivity index (χ1v) is 7.92. The van der Waals surface area contributed by atoms with Crippen LogP contribution in [-0.4, -0.2) is 28.5 Å². The second kappa shape index (κ2) is 6.48. The molecule has 2 aromatic rings. The van der Waals surface area contributed by atoms with Crippen LogP contribution in [0.3, 0.4) is 0 Å². The molecule has 1 atom stereocenters. The molecule has 5 heteroatoms. The predicted octanol–water partition coefficient (Wildman–Crippen LogP) is 3.64. The third-order valence-electron chi connectivity index (χ3n) is 3.95. The number of para-hydroxylation sites is 2. The van der Waals surface area contributed by atoms with Gasteiger partial charge in [-0.3, -0.25) is 0 Å². The molecule has 2 heterocycles. The van der Waals surface area contributed by atoms with Crippen molar-refractivity contribution in [2.45, 2.75) is 45.1 Å². The van der Waals surface area contributed by atoms with E-state index in [0.29, 0.717) is 0 Å². The molecule has 22 heavy (non-hydrogen) atoms. The van der Waals surface area contributed by atoms with E-state index in [4.69, 9.17) is 19.6 Å². The summed E-state index contributed by atoms with van der Waals surface area (Å²) in [6.45, 7) is 5.00. The van der Waals surface area contributed by atoms with E-state index in [1.54, 1.807) is 7.11 Å². The summed E-state index contributed by atoms with van der Waals surface area (Å²) in [5, 5.41) is 4.71. The van der Waals surface area contributed by atoms with Crippen LogP contribution in [-0.2, 0) is 4.74 Å². The van der Waals surface area contributed by atoms with E-state index >= 15 is 0 Å². The number of benzene rings is 1. The van der Waals surface area contributed by atoms with Crippen molar-refractivity contribution in [2.75, 3.05) is 13.7 Å². The molecule has 1 saturated heterocycles. The zero-order valence-corrected chi connectivity index (χ0v) is 13.5. The van der Waals surface area contributed by atoms with Crippen molar-refractivity contribution in [1.82, 2.24) is 14.8 Å². The standard InChI is InChI=1S/C17H23N3O2/c1-12(2)16-18-17(15-10-6-7-11-22-15)20(19-16)13-8-4-5-9-14(13)21-3/h4-5,8-9,12,15H,6-7,10-11H2,1-3H3/t15-/m1/s1. The SMILES string of the molecule is COc1ccccc1-n1nc(C(C)C)nc1[C@H]1CCCCO1. The molecule has 0 N–H and O–H groups in total. The highest BCUT2D eigenvalue weighted by molar-refractivity contribution is 5.46. The van der Waals surface area contributed by atoms with Gasteiger partial charge in [-0.05, 0) is 31.4 Å². The van der Waals surface area contributed by atoms with Gasteiger partial charge < -0.3 is 9.47 Å². The summed E-state index contributed by atoms with van der Waals surface area (Å²) in [4.78, 5) is 4.76. The van der Waals surface area contributed by atoms with Crippen molar-refractivity contribution in [1.29, 1.82) is 0 Å². The minimum absolute atomic E-state index is 0.0127. The maximum absolute atomic E-state index is 5.93. The summed E-state index contributed by atoms with van der Waals surface area (Å²) in [5.74, 6) is 2.79. The fraction of sp³-hybridized carbons (Fsp3) is 0.529. The van der Waals surface area contributed by atoms with E-state index in [1.807, 2.05) is 28.9 Å². The van der Waals surface area contributed by atoms with Crippen molar-refractivity contribution in [2.24, 2.45) is 0 Å². The Labute approximate surface area is 131 Å². The smallest absolute Gasteiger partial charge is 0.161 e. The number of hydrogen-bond donors (Lipinski definition) is 0. The predicted molar refractivity (Wildman–Crippen MR) is 84.5 cm³/mol. The highest BCUT2D eigenvalue weighted by atomic mass is 16.5. The number of nitrogens with zero attached hydrogens (tertiary/aromatic N) is 3. The van der Waals surface area contributed by atoms with Crippen LogP contribution in [0.1, 0.15) is 56.8 Å². The Hall–Kier alpha value is -1.88. The van der Waals surface area contributed by atoms with Gasteiger partial charge in [0.25, 0.3) is 0 Å². The number of hydrogen-bond acceptors (Lipinski definition) is 4. The summed E-state index contributed by atoms with van der Waals surface area (Å²) in [6.07, 6.45) is 3.29. The Morgan fingerprint density at radius 1 is 1.27 bits per heavy atom. The Bertz CT molecular complexity index is 631. The van der Waals surface area contributed by atoms with Gasteiger partial charge in [0.2, 0.25) is 0 Å². The van der Waals surface area contributed by atoms with Gasteiger partial charge in [0.15, 0.2) is 11.6 Å². The van der Waals surface area contributed by atoms with Crippen LogP contribution in [0, 0.1) is 0 Å². The molecule has 0 aliphatic carbocycles. The van der Waals surface area contributed by atoms with Gasteiger partial charge in [0.1, 0.15) is 17.5 Å². The fourth-order valence-electron chi connectivity index (χ4n) is 2.72. The lowest BCUT2D eigenvalue weighted by Gasteiger charge is -2.22. The zero-order chi connectivity index (χ0) is 15.5. The largest absolute Gasteiger partial charge is 0.494 e. The van der Waals surface area contributed by atoms with Crippen LogP contribution < -0.4 is 4.74 Å². The van der Waals surface area contributed by atoms with Crippen LogP contribution in [0.25, 0.3) is 5.69 Å². The first kappa shape index (κ1) is 15.0. The number of ether oxygens (including phenoxy) is 2. The van der Waals surface area contributed by atoms with Crippen molar-refractivity contribution in [3.05, 3.63) is 35.9 Å². The summed E-state index contributed by atoms with van der Waals surface area (Å²) in [7, 11) is 1.68. The molecular formula is C17H23N3O2. The van der Waals surface area contributed by atoms with Gasteiger partial charge in [0.05, 0.1) is 7.11 Å². The van der Waals surface area contributed by atoms with Crippen LogP contribution in [0.4, 0.5) is 0 Å². The zero-order valence-electron chi connectivity index (χ0n) is 13.5. The Kier molecular flexibility index (Phi) is 4.43. The van der Waals surface area contributed by atoms with Crippen molar-refractivity contribution >= 4 is 0 Å². The van der Waals surface area contributed by atoms with Crippen LogP contribution in [0.2, 0.25) is 0 Å². The summed E-state index contributed by atoms with van der Waals surface area (Å²) >= 11 is 0. The quantitative estimate of drug-likeness (QED) is 0.865. The van der Waals surface area contributed by atoms with E-state index in [1.165, 1.54) is 6.42 Å². The lowest BCUT2D eigenvalue weighted by molar-refractivity contribution is 0.00813. The molecular weight excluding hydrogens is 278 g/mol. The molecule has 1 aromatic heterocycles. The van der Waals surface area contributed by atoms with Gasteiger partial charge in [-0.2, -0.15) is 5.10 Å². The number of aromatic nitrogens is 3. The molecule has 0 spiro atoms. The minimum Gasteiger partial charge on any atom is -0.494 e. The van der Waals surface area contributed by atoms with Crippen molar-refractivity contribution in [3.63, 3.8) is 0 Å². The van der Waals surface area contributed by atoms with Crippen LogP contribution in [0.15, 0.2) is 24.3 Å². The molecule has 118 valence electrons. The van der Waals surface area contributed by atoms with Gasteiger partial charge in [-0.25, -0.2) is 9.67 Å². The monoisotopic (exact) mass is 301 g/mol. The third-order valence-corrected chi connectivity index (χ3v) is 3.95. The third kappa shape index (κ3) is 2.86. The molecule has 1 fully saturated rings. The van der Waals surface area contributed by atoms with E-state index in [-0.39, 0.29) is 12.0 Å². The molecule has 1 aromatic carbocycles. The van der Waals surface area contributed by atoms with E-state index in [2.05, 4.69) is 13.8 Å². The molecule has 0 bridgehead atoms. The van der Waals surface area contributed by atoms with Gasteiger partial charge in [0, 0.05) is 12.5 Å². The van der Waals surface area contributed by atoms with E-state index < -0.39 is 0 Å². The average molecular weight is 301 g/mol. The van der Waals surface area contributed by atoms with Crippen LogP contribution >= 0.6 is 0 Å². The molecule has 0 amide bonds. The lowest BCUT2D eigenvalue weighted by Crippen LogP contribution is -2.16. The summed E-state index contributed by atoms with van der Waals surface area (Å²) < 4.78 is 13.3. The molecule has 1 aliphatic heterocycles. The highest BCUT2D eigenvalue weighted by Gasteiger charge is 2.25. The number of rotatable bonds is 4. The molecule has 1 aliphatic rings. The van der Waals surface area contributed by atoms with Crippen molar-refractivity contribution < 1.29 is 9.47 Å². The molecule has 0 saturated carbocycles. The highest BCUT2D eigenvalue weighted by Crippen LogP contribution is 2.31. The molecule has 3 rings (SSSR count). The van der Waals surface area contributed by atoms with Gasteiger partial charge in [-0.15, -0.1) is 0 Å². The first-order chi connectivity index (χ1) is 10.7. The lowest BCUT2D eigenvalue weighted by atomic mass is 10.1. The normalized spacial score (nSPS) is 18.6. The molecule has 5 nitrogen and oxygen atoms in total. The van der Waals surface area contributed by atoms with E-state index in [0.717, 1.165) is 42.5 Å². The first-order valence-electron chi connectivity index (χ1n) is 7.92. The Morgan fingerprint density at radius 2 is 2.09 bits per heavy atom. The maximum Gasteiger partial charge on any atom is 0.161 e. The second-order valence-corrected chi connectivity index (χ2v) is 5.92. The Morgan fingerprint density at radius 3 is 2.77 bits per heavy atom. The number of methoxy groups -OCH3 is 1. The minimum atomic E-state index is 0.0127. The van der Waals surface area contributed by atoms with Crippen molar-refractivity contribution in [3.8, 4) is 11.4 Å². The summed E-state index contributed by atoms with van der Waals surface area (Å²) in [6, 6.07) is 7.89. The topological polar surface area (TPSA) is 49.2 Å². The Balaban J connectivity index is 2.08. The van der Waals surface area contributed by atoms with Gasteiger partial charge >= 0.3 is 0 Å². The summed E-state index contributed by atoms with van der Waals surface area (Å²) in [5.41, 5.74) is 0.911.